The van der Waals surface area contributed by atoms with Crippen LogP contribution in [0.2, 0.25) is 5.15 Å². The summed E-state index contributed by atoms with van der Waals surface area (Å²) in [6.07, 6.45) is 9.29. The quantitative estimate of drug-likeness (QED) is 0.696. The zero-order valence-corrected chi connectivity index (χ0v) is 12.1. The lowest BCUT2D eigenvalue weighted by Gasteiger charge is -2.03. The minimum Gasteiger partial charge on any atom is -0.487 e. The smallest absolute Gasteiger partial charge is 0.161 e. The Balaban J connectivity index is 1.78. The molecule has 106 valence electrons. The van der Waals surface area contributed by atoms with Gasteiger partial charge in [0.15, 0.2) is 11.6 Å². The van der Waals surface area contributed by atoms with Crippen LogP contribution in [-0.2, 0) is 7.05 Å². The summed E-state index contributed by atoms with van der Waals surface area (Å²) in [6.45, 7) is 0. The maximum atomic E-state index is 6.19. The molecular weight excluding hydrogens is 290 g/mol. The molecular formula is C14H12ClN5O. The van der Waals surface area contributed by atoms with E-state index in [-0.39, 0.29) is 0 Å². The van der Waals surface area contributed by atoms with Crippen LogP contribution in [0.1, 0.15) is 12.8 Å². The molecule has 0 bridgehead atoms. The van der Waals surface area contributed by atoms with Crippen molar-refractivity contribution >= 4 is 22.6 Å². The van der Waals surface area contributed by atoms with Gasteiger partial charge in [0.2, 0.25) is 0 Å². The van der Waals surface area contributed by atoms with Crippen molar-refractivity contribution in [2.75, 3.05) is 0 Å². The molecule has 6 nitrogen and oxygen atoms in total. The summed E-state index contributed by atoms with van der Waals surface area (Å²) in [5, 5.41) is 1.16. The van der Waals surface area contributed by atoms with E-state index in [1.165, 1.54) is 6.33 Å². The van der Waals surface area contributed by atoms with Crippen molar-refractivity contribution in [2.45, 2.75) is 18.9 Å². The van der Waals surface area contributed by atoms with Gasteiger partial charge in [-0.3, -0.25) is 0 Å². The maximum Gasteiger partial charge on any atom is 0.161 e. The molecule has 1 aliphatic rings. The molecule has 0 amide bonds. The Kier molecular flexibility index (Phi) is 2.78. The van der Waals surface area contributed by atoms with Gasteiger partial charge in [-0.1, -0.05) is 11.6 Å². The molecule has 3 heterocycles. The fourth-order valence-corrected chi connectivity index (χ4v) is 2.47. The van der Waals surface area contributed by atoms with Crippen LogP contribution in [-0.4, -0.2) is 30.6 Å². The van der Waals surface area contributed by atoms with Crippen molar-refractivity contribution in [3.05, 3.63) is 30.1 Å². The Hall–Kier alpha value is -2.21. The number of hydrogen-bond donors (Lipinski definition) is 0. The third-order valence-corrected chi connectivity index (χ3v) is 3.69. The monoisotopic (exact) mass is 301 g/mol. The van der Waals surface area contributed by atoms with Gasteiger partial charge in [-0.05, 0) is 12.8 Å². The van der Waals surface area contributed by atoms with E-state index in [9.17, 15) is 0 Å². The number of halogens is 1. The van der Waals surface area contributed by atoms with Crippen molar-refractivity contribution in [2.24, 2.45) is 7.05 Å². The predicted molar refractivity (Wildman–Crippen MR) is 78.2 cm³/mol. The average Bonchev–Trinajstić information content (AvgIpc) is 3.23. The summed E-state index contributed by atoms with van der Waals surface area (Å²) >= 11 is 6.19. The van der Waals surface area contributed by atoms with Crippen molar-refractivity contribution in [3.8, 4) is 17.1 Å². The Morgan fingerprint density at radius 2 is 1.95 bits per heavy atom. The lowest BCUT2D eigenvalue weighted by Crippen LogP contribution is -1.98. The van der Waals surface area contributed by atoms with Crippen molar-refractivity contribution in [1.82, 2.24) is 24.5 Å². The fraction of sp³-hybridized carbons (Fsp3) is 0.286. The first kappa shape index (κ1) is 12.5. The molecule has 1 fully saturated rings. The van der Waals surface area contributed by atoms with Gasteiger partial charge in [-0.15, -0.1) is 0 Å². The van der Waals surface area contributed by atoms with E-state index in [0.717, 1.165) is 29.4 Å². The third-order valence-electron chi connectivity index (χ3n) is 3.40. The number of aryl methyl sites for hydroxylation is 1. The summed E-state index contributed by atoms with van der Waals surface area (Å²) in [4.78, 5) is 17.0. The molecule has 0 aliphatic heterocycles. The van der Waals surface area contributed by atoms with Crippen LogP contribution >= 0.6 is 11.6 Å². The summed E-state index contributed by atoms with van der Waals surface area (Å²) in [6, 6.07) is 0. The first-order valence-corrected chi connectivity index (χ1v) is 7.05. The van der Waals surface area contributed by atoms with Crippen LogP contribution in [0.15, 0.2) is 24.9 Å². The zero-order valence-electron chi connectivity index (χ0n) is 11.3. The van der Waals surface area contributed by atoms with Crippen LogP contribution in [0.5, 0.6) is 5.75 Å². The number of aromatic nitrogens is 5. The molecule has 4 rings (SSSR count). The Bertz CT molecular complexity index is 810. The van der Waals surface area contributed by atoms with Gasteiger partial charge in [0.05, 0.1) is 23.9 Å². The van der Waals surface area contributed by atoms with Crippen LogP contribution in [0, 0.1) is 0 Å². The molecule has 0 aromatic carbocycles. The van der Waals surface area contributed by atoms with E-state index in [1.807, 2.05) is 17.8 Å². The molecule has 0 saturated heterocycles. The maximum absolute atomic E-state index is 6.19. The van der Waals surface area contributed by atoms with Gasteiger partial charge in [-0.2, -0.15) is 0 Å². The Morgan fingerprint density at radius 3 is 2.67 bits per heavy atom. The molecule has 1 aliphatic carbocycles. The molecule has 0 N–H and O–H groups in total. The first-order chi connectivity index (χ1) is 10.2. The molecule has 0 unspecified atom stereocenters. The Labute approximate surface area is 125 Å². The zero-order chi connectivity index (χ0) is 14.4. The molecule has 0 spiro atoms. The van der Waals surface area contributed by atoms with Crippen LogP contribution in [0.4, 0.5) is 0 Å². The van der Waals surface area contributed by atoms with E-state index in [4.69, 9.17) is 16.3 Å². The highest BCUT2D eigenvalue weighted by Gasteiger charge is 2.24. The topological polar surface area (TPSA) is 65.7 Å². The second-order valence-electron chi connectivity index (χ2n) is 5.08. The third kappa shape index (κ3) is 2.21. The van der Waals surface area contributed by atoms with E-state index in [2.05, 4.69) is 19.9 Å². The molecule has 3 aromatic heterocycles. The van der Waals surface area contributed by atoms with E-state index < -0.39 is 0 Å². The summed E-state index contributed by atoms with van der Waals surface area (Å²) in [5.41, 5.74) is 1.57. The molecule has 3 aromatic rings. The van der Waals surface area contributed by atoms with Crippen molar-refractivity contribution < 1.29 is 4.74 Å². The van der Waals surface area contributed by atoms with E-state index in [0.29, 0.717) is 22.8 Å². The minimum atomic E-state index is 0.333. The molecule has 0 atom stereocenters. The second-order valence-corrected chi connectivity index (χ2v) is 5.43. The van der Waals surface area contributed by atoms with Gasteiger partial charge in [0.1, 0.15) is 17.1 Å². The first-order valence-electron chi connectivity index (χ1n) is 6.67. The number of rotatable bonds is 3. The summed E-state index contributed by atoms with van der Waals surface area (Å²) in [5.74, 6) is 1.28. The lowest BCUT2D eigenvalue weighted by molar-refractivity contribution is 0.300. The minimum absolute atomic E-state index is 0.333. The molecule has 7 heteroatoms. The van der Waals surface area contributed by atoms with Gasteiger partial charge in [-0.25, -0.2) is 19.9 Å². The average molecular weight is 302 g/mol. The van der Waals surface area contributed by atoms with Gasteiger partial charge >= 0.3 is 0 Å². The van der Waals surface area contributed by atoms with Crippen molar-refractivity contribution in [1.29, 1.82) is 0 Å². The number of fused-ring (bicyclic) bond motifs is 1. The number of ether oxygens (including phenoxy) is 1. The van der Waals surface area contributed by atoms with Crippen LogP contribution in [0.3, 0.4) is 0 Å². The number of hydrogen-bond acceptors (Lipinski definition) is 5. The highest BCUT2D eigenvalue weighted by Crippen LogP contribution is 2.32. The van der Waals surface area contributed by atoms with Gasteiger partial charge in [0.25, 0.3) is 0 Å². The van der Waals surface area contributed by atoms with Crippen LogP contribution in [0.25, 0.3) is 22.4 Å². The van der Waals surface area contributed by atoms with Gasteiger partial charge in [0, 0.05) is 18.8 Å². The number of nitrogens with zero attached hydrogens (tertiary/aromatic N) is 5. The van der Waals surface area contributed by atoms with Crippen LogP contribution < -0.4 is 4.74 Å². The fourth-order valence-electron chi connectivity index (χ4n) is 2.24. The van der Waals surface area contributed by atoms with Gasteiger partial charge < -0.3 is 9.30 Å². The SMILES string of the molecule is Cn1cc(-c2ncc(OC3CC3)cn2)c2c(Cl)ncnc21. The lowest BCUT2D eigenvalue weighted by atomic mass is 10.2. The largest absolute Gasteiger partial charge is 0.487 e. The molecule has 0 radical (unpaired) electrons. The highest BCUT2D eigenvalue weighted by molar-refractivity contribution is 6.35. The standard InChI is InChI=1S/C14H12ClN5O/c1-20-6-10(11-12(15)18-7-19-14(11)20)13-16-4-9(5-17-13)21-8-2-3-8/h4-8H,2-3H2,1H3. The van der Waals surface area contributed by atoms with E-state index >= 15 is 0 Å². The predicted octanol–water partition coefficient (Wildman–Crippen LogP) is 2.62. The Morgan fingerprint density at radius 1 is 1.19 bits per heavy atom. The molecule has 1 saturated carbocycles. The van der Waals surface area contributed by atoms with Crippen molar-refractivity contribution in [3.63, 3.8) is 0 Å². The summed E-state index contributed by atoms with van der Waals surface area (Å²) in [7, 11) is 1.90. The van der Waals surface area contributed by atoms with E-state index in [1.54, 1.807) is 12.4 Å². The normalized spacial score (nSPS) is 14.6. The molecule has 21 heavy (non-hydrogen) atoms. The summed E-state index contributed by atoms with van der Waals surface area (Å²) < 4.78 is 7.54. The second kappa shape index (κ2) is 4.66. The highest BCUT2D eigenvalue weighted by atomic mass is 35.5.